The minimum Gasteiger partial charge on any atom is -0.494 e. The number of carboxylic acids is 1. The van der Waals surface area contributed by atoms with E-state index in [1.54, 1.807) is 18.4 Å². The Kier molecular flexibility index (Phi) is 4.21. The lowest BCUT2D eigenvalue weighted by Gasteiger charge is -2.13. The third kappa shape index (κ3) is 3.14. The molecule has 2 aromatic rings. The van der Waals surface area contributed by atoms with Gasteiger partial charge in [0, 0.05) is 12.0 Å². The number of hydrogen-bond acceptors (Lipinski definition) is 5. The summed E-state index contributed by atoms with van der Waals surface area (Å²) in [6, 6.07) is 3.67. The highest BCUT2D eigenvalue weighted by Gasteiger charge is 2.34. The second-order valence-corrected chi connectivity index (χ2v) is 7.02. The fourth-order valence-electron chi connectivity index (χ4n) is 3.02. The van der Waals surface area contributed by atoms with E-state index in [0.717, 1.165) is 15.2 Å². The standard InChI is InChI=1S/C16H18N2O4S/c1-8-17-12-6-13(22-2)11(7-14(12)23-8)18-15(19)9-3-4-10(5-9)16(20)21/h6-7,9-10H,3-5H2,1-2H3,(H,18,19)(H,20,21)/t9-,10+/m1/s1. The second-order valence-electron chi connectivity index (χ2n) is 5.79. The molecule has 122 valence electrons. The summed E-state index contributed by atoms with van der Waals surface area (Å²) in [7, 11) is 1.55. The van der Waals surface area contributed by atoms with E-state index in [1.165, 1.54) is 0 Å². The number of methoxy groups -OCH3 is 1. The van der Waals surface area contributed by atoms with Gasteiger partial charge in [0.25, 0.3) is 0 Å². The van der Waals surface area contributed by atoms with Crippen molar-refractivity contribution in [2.75, 3.05) is 12.4 Å². The maximum atomic E-state index is 12.4. The molecule has 2 atom stereocenters. The number of aromatic nitrogens is 1. The summed E-state index contributed by atoms with van der Waals surface area (Å²) in [5.74, 6) is -1.09. The Morgan fingerprint density at radius 1 is 1.35 bits per heavy atom. The molecule has 3 rings (SSSR count). The fourth-order valence-corrected chi connectivity index (χ4v) is 3.86. The molecule has 0 bridgehead atoms. The van der Waals surface area contributed by atoms with Gasteiger partial charge in [0.1, 0.15) is 5.75 Å². The van der Waals surface area contributed by atoms with Crippen molar-refractivity contribution in [3.8, 4) is 5.75 Å². The number of carbonyl (C=O) groups is 2. The van der Waals surface area contributed by atoms with E-state index in [0.29, 0.717) is 30.7 Å². The van der Waals surface area contributed by atoms with Crippen LogP contribution in [0.5, 0.6) is 5.75 Å². The number of anilines is 1. The number of benzene rings is 1. The molecule has 2 N–H and O–H groups in total. The zero-order chi connectivity index (χ0) is 16.6. The van der Waals surface area contributed by atoms with Crippen molar-refractivity contribution in [3.05, 3.63) is 17.1 Å². The molecule has 0 saturated heterocycles. The number of carboxylic acid groups (broad SMARTS) is 1. The van der Waals surface area contributed by atoms with Crippen LogP contribution in [0.15, 0.2) is 12.1 Å². The topological polar surface area (TPSA) is 88.5 Å². The Labute approximate surface area is 137 Å². The van der Waals surface area contributed by atoms with Gasteiger partial charge in [-0.15, -0.1) is 11.3 Å². The van der Waals surface area contributed by atoms with E-state index in [1.807, 2.05) is 19.1 Å². The van der Waals surface area contributed by atoms with Crippen molar-refractivity contribution in [2.45, 2.75) is 26.2 Å². The zero-order valence-corrected chi connectivity index (χ0v) is 13.8. The van der Waals surface area contributed by atoms with E-state index >= 15 is 0 Å². The molecule has 6 nitrogen and oxygen atoms in total. The molecule has 1 fully saturated rings. The van der Waals surface area contributed by atoms with Gasteiger partial charge in [-0.25, -0.2) is 4.98 Å². The third-order valence-corrected chi connectivity index (χ3v) is 5.16. The normalized spacial score (nSPS) is 20.6. The molecular formula is C16H18N2O4S. The van der Waals surface area contributed by atoms with Crippen molar-refractivity contribution in [1.29, 1.82) is 0 Å². The maximum Gasteiger partial charge on any atom is 0.306 e. The summed E-state index contributed by atoms with van der Waals surface area (Å²) in [4.78, 5) is 27.8. The van der Waals surface area contributed by atoms with Gasteiger partial charge < -0.3 is 15.2 Å². The Balaban J connectivity index is 1.80. The van der Waals surface area contributed by atoms with Crippen LogP contribution in [0.4, 0.5) is 5.69 Å². The number of nitrogens with zero attached hydrogens (tertiary/aromatic N) is 1. The van der Waals surface area contributed by atoms with Gasteiger partial charge in [-0.1, -0.05) is 0 Å². The molecule has 1 amide bonds. The highest BCUT2D eigenvalue weighted by atomic mass is 32.1. The van der Waals surface area contributed by atoms with Gasteiger partial charge in [-0.3, -0.25) is 9.59 Å². The van der Waals surface area contributed by atoms with Gasteiger partial charge in [0.15, 0.2) is 0 Å². The van der Waals surface area contributed by atoms with Gasteiger partial charge in [-0.2, -0.15) is 0 Å². The highest BCUT2D eigenvalue weighted by molar-refractivity contribution is 7.18. The average Bonchev–Trinajstić information content (AvgIpc) is 3.11. The van der Waals surface area contributed by atoms with Gasteiger partial charge >= 0.3 is 5.97 Å². The number of ether oxygens (including phenoxy) is 1. The van der Waals surface area contributed by atoms with E-state index < -0.39 is 11.9 Å². The van der Waals surface area contributed by atoms with Crippen molar-refractivity contribution >= 4 is 39.1 Å². The lowest BCUT2D eigenvalue weighted by atomic mass is 10.0. The molecule has 0 spiro atoms. The largest absolute Gasteiger partial charge is 0.494 e. The molecule has 1 aromatic carbocycles. The number of carbonyl (C=O) groups excluding carboxylic acids is 1. The second kappa shape index (κ2) is 6.16. The molecule has 23 heavy (non-hydrogen) atoms. The van der Waals surface area contributed by atoms with Crippen molar-refractivity contribution in [3.63, 3.8) is 0 Å². The van der Waals surface area contributed by atoms with Gasteiger partial charge in [0.2, 0.25) is 5.91 Å². The minimum atomic E-state index is -0.820. The summed E-state index contributed by atoms with van der Waals surface area (Å²) in [5.41, 5.74) is 1.45. The van der Waals surface area contributed by atoms with Gasteiger partial charge in [-0.05, 0) is 32.3 Å². The summed E-state index contributed by atoms with van der Waals surface area (Å²) >= 11 is 1.55. The van der Waals surface area contributed by atoms with Crippen LogP contribution >= 0.6 is 11.3 Å². The number of aryl methyl sites for hydroxylation is 1. The first-order valence-corrected chi connectivity index (χ1v) is 8.28. The number of nitrogens with one attached hydrogen (secondary N) is 1. The lowest BCUT2D eigenvalue weighted by Crippen LogP contribution is -2.22. The first-order chi connectivity index (χ1) is 11.0. The van der Waals surface area contributed by atoms with Crippen LogP contribution in [0.3, 0.4) is 0 Å². The van der Waals surface area contributed by atoms with Gasteiger partial charge in [0.05, 0.1) is 33.9 Å². The van der Waals surface area contributed by atoms with Crippen LogP contribution in [0.1, 0.15) is 24.3 Å². The number of hydrogen-bond donors (Lipinski definition) is 2. The zero-order valence-electron chi connectivity index (χ0n) is 13.0. The van der Waals surface area contributed by atoms with Crippen molar-refractivity contribution in [1.82, 2.24) is 4.98 Å². The number of amides is 1. The molecule has 0 aliphatic heterocycles. The van der Waals surface area contributed by atoms with E-state index in [2.05, 4.69) is 10.3 Å². The van der Waals surface area contributed by atoms with E-state index in [-0.39, 0.29) is 11.8 Å². The van der Waals surface area contributed by atoms with E-state index in [4.69, 9.17) is 9.84 Å². The van der Waals surface area contributed by atoms with Crippen molar-refractivity contribution < 1.29 is 19.4 Å². The molecule has 1 aromatic heterocycles. The first kappa shape index (κ1) is 15.7. The Bertz CT molecular complexity index is 771. The first-order valence-electron chi connectivity index (χ1n) is 7.46. The number of thiazole rings is 1. The maximum absolute atomic E-state index is 12.4. The minimum absolute atomic E-state index is 0.146. The Morgan fingerprint density at radius 2 is 2.09 bits per heavy atom. The highest BCUT2D eigenvalue weighted by Crippen LogP contribution is 2.35. The fraction of sp³-hybridized carbons (Fsp3) is 0.438. The van der Waals surface area contributed by atoms with Crippen LogP contribution in [0.25, 0.3) is 10.2 Å². The lowest BCUT2D eigenvalue weighted by molar-refractivity contribution is -0.141. The summed E-state index contributed by atoms with van der Waals surface area (Å²) < 4.78 is 6.32. The molecule has 0 unspecified atom stereocenters. The summed E-state index contributed by atoms with van der Waals surface area (Å²) in [6.07, 6.45) is 1.55. The SMILES string of the molecule is COc1cc2nc(C)sc2cc1NC(=O)[C@@H]1CC[C@H](C(=O)O)C1. The summed E-state index contributed by atoms with van der Waals surface area (Å²) in [6.45, 7) is 1.93. The average molecular weight is 334 g/mol. The molecule has 1 heterocycles. The molecule has 7 heteroatoms. The predicted octanol–water partition coefficient (Wildman–Crippen LogP) is 3.05. The molecule has 1 aliphatic carbocycles. The number of aliphatic carboxylic acids is 1. The smallest absolute Gasteiger partial charge is 0.306 e. The van der Waals surface area contributed by atoms with Crippen LogP contribution < -0.4 is 10.1 Å². The predicted molar refractivity (Wildman–Crippen MR) is 88.0 cm³/mol. The summed E-state index contributed by atoms with van der Waals surface area (Å²) in [5, 5.41) is 12.9. The van der Waals surface area contributed by atoms with Crippen LogP contribution in [-0.4, -0.2) is 29.1 Å². The molecule has 0 radical (unpaired) electrons. The van der Waals surface area contributed by atoms with Crippen LogP contribution in [-0.2, 0) is 9.59 Å². The Hall–Kier alpha value is -2.15. The van der Waals surface area contributed by atoms with Crippen molar-refractivity contribution in [2.24, 2.45) is 11.8 Å². The molecule has 1 saturated carbocycles. The molecular weight excluding hydrogens is 316 g/mol. The molecule has 1 aliphatic rings. The number of fused-ring (bicyclic) bond motifs is 1. The quantitative estimate of drug-likeness (QED) is 0.897. The van der Waals surface area contributed by atoms with Crippen LogP contribution in [0.2, 0.25) is 0 Å². The number of rotatable bonds is 4. The van der Waals surface area contributed by atoms with Crippen LogP contribution in [0, 0.1) is 18.8 Å². The Morgan fingerprint density at radius 3 is 2.74 bits per heavy atom. The third-order valence-electron chi connectivity index (χ3n) is 4.23. The monoisotopic (exact) mass is 334 g/mol. The van der Waals surface area contributed by atoms with E-state index in [9.17, 15) is 9.59 Å².